The van der Waals surface area contributed by atoms with Crippen molar-refractivity contribution in [2.45, 2.75) is 18.8 Å². The normalized spacial score (nSPS) is 22.5. The van der Waals surface area contributed by atoms with Crippen LogP contribution in [-0.2, 0) is 9.59 Å². The molecule has 0 radical (unpaired) electrons. The molecule has 1 aromatic rings. The van der Waals surface area contributed by atoms with Crippen molar-refractivity contribution in [2.24, 2.45) is 0 Å². The highest BCUT2D eigenvalue weighted by Gasteiger charge is 2.28. The van der Waals surface area contributed by atoms with E-state index in [-0.39, 0.29) is 17.7 Å². The summed E-state index contributed by atoms with van der Waals surface area (Å²) >= 11 is 0. The predicted octanol–water partition coefficient (Wildman–Crippen LogP) is 0.548. The van der Waals surface area contributed by atoms with Crippen molar-refractivity contribution < 1.29 is 9.59 Å². The van der Waals surface area contributed by atoms with Crippen LogP contribution in [0.1, 0.15) is 24.3 Å². The Morgan fingerprint density at radius 3 is 2.71 bits per heavy atom. The van der Waals surface area contributed by atoms with Gasteiger partial charge in [0, 0.05) is 51.4 Å². The average Bonchev–Trinajstić information content (AvgIpc) is 2.60. The summed E-state index contributed by atoms with van der Waals surface area (Å²) in [4.78, 5) is 28.2. The zero-order valence-electron chi connectivity index (χ0n) is 14.3. The van der Waals surface area contributed by atoms with Gasteiger partial charge in [-0.05, 0) is 31.2 Å². The van der Waals surface area contributed by atoms with Gasteiger partial charge in [0.05, 0.1) is 5.92 Å². The first kappa shape index (κ1) is 16.9. The fourth-order valence-electron chi connectivity index (χ4n) is 3.45. The van der Waals surface area contributed by atoms with E-state index >= 15 is 0 Å². The van der Waals surface area contributed by atoms with Crippen molar-refractivity contribution in [1.29, 1.82) is 0 Å². The molecule has 6 nitrogen and oxygen atoms in total. The summed E-state index contributed by atoms with van der Waals surface area (Å²) in [5, 5.41) is 5.64. The van der Waals surface area contributed by atoms with Gasteiger partial charge in [-0.3, -0.25) is 19.8 Å². The second-order valence-corrected chi connectivity index (χ2v) is 6.53. The quantitative estimate of drug-likeness (QED) is 0.772. The molecule has 2 amide bonds. The van der Waals surface area contributed by atoms with Gasteiger partial charge in [-0.25, -0.2) is 0 Å². The Morgan fingerprint density at radius 1 is 1.21 bits per heavy atom. The fourth-order valence-corrected chi connectivity index (χ4v) is 3.45. The lowest BCUT2D eigenvalue weighted by molar-refractivity contribution is -0.134. The van der Waals surface area contributed by atoms with Gasteiger partial charge in [0.2, 0.25) is 11.8 Å². The predicted molar refractivity (Wildman–Crippen MR) is 94.1 cm³/mol. The zero-order chi connectivity index (χ0) is 16.9. The second-order valence-electron chi connectivity index (χ2n) is 6.53. The molecule has 2 heterocycles. The van der Waals surface area contributed by atoms with Crippen molar-refractivity contribution >= 4 is 17.5 Å². The van der Waals surface area contributed by atoms with Crippen LogP contribution in [-0.4, -0.2) is 63.0 Å². The summed E-state index contributed by atoms with van der Waals surface area (Å²) in [5.74, 6) is -0.537. The monoisotopic (exact) mass is 330 g/mol. The Bertz CT molecular complexity index is 596. The Labute approximate surface area is 143 Å². The smallest absolute Gasteiger partial charge is 0.234 e. The molecule has 2 aliphatic rings. The first-order chi connectivity index (χ1) is 11.7. The third kappa shape index (κ3) is 3.94. The molecule has 1 atom stereocenters. The molecule has 24 heavy (non-hydrogen) atoms. The van der Waals surface area contributed by atoms with Crippen LogP contribution in [0.15, 0.2) is 24.3 Å². The van der Waals surface area contributed by atoms with E-state index < -0.39 is 0 Å². The molecule has 130 valence electrons. The van der Waals surface area contributed by atoms with Gasteiger partial charge in [0.15, 0.2) is 0 Å². The first-order valence-electron chi connectivity index (χ1n) is 8.73. The Kier molecular flexibility index (Phi) is 5.48. The summed E-state index contributed by atoms with van der Waals surface area (Å²) in [6, 6.07) is 8.23. The minimum absolute atomic E-state index is 0.162. The van der Waals surface area contributed by atoms with Gasteiger partial charge >= 0.3 is 0 Å². The maximum Gasteiger partial charge on any atom is 0.234 e. The number of rotatable bonds is 5. The topological polar surface area (TPSA) is 64.7 Å². The van der Waals surface area contributed by atoms with E-state index in [0.717, 1.165) is 44.8 Å². The van der Waals surface area contributed by atoms with E-state index in [1.807, 2.05) is 19.2 Å². The molecule has 0 aliphatic carbocycles. The summed E-state index contributed by atoms with van der Waals surface area (Å²) in [6.45, 7) is 6.23. The Balaban J connectivity index is 1.64. The molecule has 3 rings (SSSR count). The van der Waals surface area contributed by atoms with Crippen molar-refractivity contribution in [1.82, 2.24) is 15.5 Å². The van der Waals surface area contributed by atoms with E-state index in [2.05, 4.69) is 32.6 Å². The lowest BCUT2D eigenvalue weighted by Gasteiger charge is -2.36. The SMILES string of the molecule is CNCCN1CCN(c2cccc(C3CCC(=O)NC3=O)c2)CC1. The average molecular weight is 330 g/mol. The summed E-state index contributed by atoms with van der Waals surface area (Å²) in [7, 11) is 1.98. The van der Waals surface area contributed by atoms with Gasteiger partial charge < -0.3 is 10.2 Å². The van der Waals surface area contributed by atoms with Gasteiger partial charge in [-0.1, -0.05) is 12.1 Å². The van der Waals surface area contributed by atoms with Crippen LogP contribution in [0.25, 0.3) is 0 Å². The number of anilines is 1. The third-order valence-electron chi connectivity index (χ3n) is 4.93. The molecular weight excluding hydrogens is 304 g/mol. The molecule has 2 fully saturated rings. The molecule has 0 saturated carbocycles. The van der Waals surface area contributed by atoms with E-state index in [4.69, 9.17) is 0 Å². The largest absolute Gasteiger partial charge is 0.369 e. The number of hydrogen-bond acceptors (Lipinski definition) is 5. The molecule has 0 aromatic heterocycles. The van der Waals surface area contributed by atoms with E-state index in [1.54, 1.807) is 0 Å². The number of piperazine rings is 1. The number of benzene rings is 1. The van der Waals surface area contributed by atoms with Gasteiger partial charge in [-0.15, -0.1) is 0 Å². The minimum Gasteiger partial charge on any atom is -0.369 e. The highest BCUT2D eigenvalue weighted by molar-refractivity contribution is 6.01. The molecule has 1 unspecified atom stereocenters. The third-order valence-corrected chi connectivity index (χ3v) is 4.93. The maximum absolute atomic E-state index is 12.1. The number of amides is 2. The summed E-state index contributed by atoms with van der Waals surface area (Å²) in [6.07, 6.45) is 1.02. The standard InChI is InChI=1S/C18H26N4O2/c1-19-7-8-21-9-11-22(12-10-21)15-4-2-3-14(13-15)16-5-6-17(23)20-18(16)24/h2-4,13,16,19H,5-12H2,1H3,(H,20,23,24). The number of imide groups is 1. The van der Waals surface area contributed by atoms with E-state index in [0.29, 0.717) is 12.8 Å². The Morgan fingerprint density at radius 2 is 2.00 bits per heavy atom. The van der Waals surface area contributed by atoms with Crippen LogP contribution in [0.2, 0.25) is 0 Å². The summed E-state index contributed by atoms with van der Waals surface area (Å²) in [5.41, 5.74) is 2.18. The number of carbonyl (C=O) groups excluding carboxylic acids is 2. The maximum atomic E-state index is 12.1. The molecule has 1 aromatic carbocycles. The van der Waals surface area contributed by atoms with E-state index in [9.17, 15) is 9.59 Å². The number of nitrogens with zero attached hydrogens (tertiary/aromatic N) is 2. The van der Waals surface area contributed by atoms with Gasteiger partial charge in [0.25, 0.3) is 0 Å². The second kappa shape index (κ2) is 7.77. The lowest BCUT2D eigenvalue weighted by atomic mass is 9.90. The van der Waals surface area contributed by atoms with Crippen LogP contribution in [0, 0.1) is 0 Å². The summed E-state index contributed by atoms with van der Waals surface area (Å²) < 4.78 is 0. The minimum atomic E-state index is -0.209. The number of piperidine rings is 1. The van der Waals surface area contributed by atoms with E-state index in [1.165, 1.54) is 5.69 Å². The van der Waals surface area contributed by atoms with Crippen LogP contribution in [0.4, 0.5) is 5.69 Å². The van der Waals surface area contributed by atoms with Crippen LogP contribution >= 0.6 is 0 Å². The van der Waals surface area contributed by atoms with Crippen LogP contribution < -0.4 is 15.5 Å². The molecule has 2 N–H and O–H groups in total. The number of hydrogen-bond donors (Lipinski definition) is 2. The highest BCUT2D eigenvalue weighted by Crippen LogP contribution is 2.28. The van der Waals surface area contributed by atoms with Gasteiger partial charge in [0.1, 0.15) is 0 Å². The molecule has 2 aliphatic heterocycles. The number of likely N-dealkylation sites (N-methyl/N-ethyl adjacent to an activating group) is 1. The first-order valence-corrected chi connectivity index (χ1v) is 8.73. The fraction of sp³-hybridized carbons (Fsp3) is 0.556. The zero-order valence-corrected chi connectivity index (χ0v) is 14.3. The van der Waals surface area contributed by atoms with Crippen molar-refractivity contribution in [3.63, 3.8) is 0 Å². The Hall–Kier alpha value is -1.92. The van der Waals surface area contributed by atoms with Crippen LogP contribution in [0.5, 0.6) is 0 Å². The molecule has 0 spiro atoms. The van der Waals surface area contributed by atoms with Crippen molar-refractivity contribution in [3.8, 4) is 0 Å². The molecule has 0 bridgehead atoms. The van der Waals surface area contributed by atoms with Crippen LogP contribution in [0.3, 0.4) is 0 Å². The van der Waals surface area contributed by atoms with Crippen molar-refractivity contribution in [2.75, 3.05) is 51.2 Å². The number of carbonyl (C=O) groups is 2. The molecule has 6 heteroatoms. The molecular formula is C18H26N4O2. The lowest BCUT2D eigenvalue weighted by Crippen LogP contribution is -2.48. The van der Waals surface area contributed by atoms with Gasteiger partial charge in [-0.2, -0.15) is 0 Å². The molecule has 2 saturated heterocycles. The van der Waals surface area contributed by atoms with Crippen molar-refractivity contribution in [3.05, 3.63) is 29.8 Å². The highest BCUT2D eigenvalue weighted by atomic mass is 16.2. The number of nitrogens with one attached hydrogen (secondary N) is 2.